The van der Waals surface area contributed by atoms with E-state index < -0.39 is 0 Å². The third-order valence-corrected chi connectivity index (χ3v) is 6.92. The molecule has 0 atom stereocenters. The Kier molecular flexibility index (Phi) is 7.83. The van der Waals surface area contributed by atoms with Crippen LogP contribution in [0.15, 0.2) is 47.4 Å². The number of amides is 2. The number of hydrogen-bond donors (Lipinski definition) is 1. The number of unbranched alkanes of at least 4 members (excludes halogenated alkanes) is 3. The molecular weight excluding hydrogens is 452 g/mol. The minimum atomic E-state index is -0.195. The topological polar surface area (TPSA) is 58.6 Å². The predicted molar refractivity (Wildman–Crippen MR) is 139 cm³/mol. The van der Waals surface area contributed by atoms with Gasteiger partial charge in [0.1, 0.15) is 10.1 Å². The lowest BCUT2D eigenvalue weighted by molar-refractivity contribution is -0.115. The largest absolute Gasteiger partial charge is 0.491 e. The molecule has 1 N–H and O–H groups in total. The number of nitrogens with zero attached hydrogens (tertiary/aromatic N) is 1. The smallest absolute Gasteiger partial charge is 0.263 e. The number of carbonyl (C=O) groups is 2. The maximum absolute atomic E-state index is 13.4. The molecule has 7 heteroatoms. The molecule has 2 heterocycles. The van der Waals surface area contributed by atoms with Crippen molar-refractivity contribution >= 4 is 51.9 Å². The van der Waals surface area contributed by atoms with Gasteiger partial charge in [0.15, 0.2) is 0 Å². The average Bonchev–Trinajstić information content (AvgIpc) is 3.00. The van der Waals surface area contributed by atoms with E-state index in [-0.39, 0.29) is 11.8 Å². The Labute approximate surface area is 204 Å². The highest BCUT2D eigenvalue weighted by Gasteiger charge is 2.25. The second kappa shape index (κ2) is 11.0. The predicted octanol–water partition coefficient (Wildman–Crippen LogP) is 5.73. The summed E-state index contributed by atoms with van der Waals surface area (Å²) in [5.41, 5.74) is 3.48. The van der Waals surface area contributed by atoms with Crippen LogP contribution in [0.5, 0.6) is 5.75 Å². The summed E-state index contributed by atoms with van der Waals surface area (Å²) in [5.74, 6) is 0.437. The van der Waals surface area contributed by atoms with Crippen molar-refractivity contribution in [2.45, 2.75) is 45.4 Å². The molecule has 2 aliphatic heterocycles. The normalized spacial score (nSPS) is 16.9. The van der Waals surface area contributed by atoms with Gasteiger partial charge in [0.05, 0.1) is 17.2 Å². The van der Waals surface area contributed by atoms with Crippen LogP contribution in [-0.4, -0.2) is 29.3 Å². The van der Waals surface area contributed by atoms with Crippen LogP contribution in [0.2, 0.25) is 0 Å². The molecule has 2 amide bonds. The van der Waals surface area contributed by atoms with Gasteiger partial charge in [-0.25, -0.2) is 0 Å². The lowest BCUT2D eigenvalue weighted by Crippen LogP contribution is -2.31. The Morgan fingerprint density at radius 1 is 1.18 bits per heavy atom. The molecule has 172 valence electrons. The van der Waals surface area contributed by atoms with E-state index in [1.54, 1.807) is 11.0 Å². The summed E-state index contributed by atoms with van der Waals surface area (Å²) in [6, 6.07) is 13.6. The summed E-state index contributed by atoms with van der Waals surface area (Å²) in [7, 11) is 0. The summed E-state index contributed by atoms with van der Waals surface area (Å²) in [5, 5.41) is 2.63. The number of anilines is 1. The van der Waals surface area contributed by atoms with Gasteiger partial charge in [-0.3, -0.25) is 9.59 Å². The van der Waals surface area contributed by atoms with Gasteiger partial charge >= 0.3 is 0 Å². The first kappa shape index (κ1) is 23.5. The number of carbonyl (C=O) groups excluding carboxylic acids is 2. The fraction of sp³-hybridized carbons (Fsp3) is 0.346. The van der Waals surface area contributed by atoms with E-state index in [1.807, 2.05) is 30.3 Å². The van der Waals surface area contributed by atoms with Gasteiger partial charge in [-0.05, 0) is 60.7 Å². The molecule has 0 saturated carbocycles. The number of thiocarbonyl (C=S) groups is 1. The highest BCUT2D eigenvalue weighted by molar-refractivity contribution is 8.26. The Morgan fingerprint density at radius 2 is 2.00 bits per heavy atom. The fourth-order valence-electron chi connectivity index (χ4n) is 3.99. The monoisotopic (exact) mass is 480 g/mol. The van der Waals surface area contributed by atoms with E-state index in [0.29, 0.717) is 33.7 Å². The van der Waals surface area contributed by atoms with Crippen molar-refractivity contribution in [1.29, 1.82) is 0 Å². The first-order valence-electron chi connectivity index (χ1n) is 11.5. The van der Waals surface area contributed by atoms with Crippen LogP contribution >= 0.6 is 24.0 Å². The van der Waals surface area contributed by atoms with Crippen molar-refractivity contribution in [2.24, 2.45) is 0 Å². The molecule has 33 heavy (non-hydrogen) atoms. The highest BCUT2D eigenvalue weighted by Crippen LogP contribution is 2.35. The Morgan fingerprint density at radius 3 is 2.73 bits per heavy atom. The van der Waals surface area contributed by atoms with Crippen LogP contribution in [0.25, 0.3) is 6.08 Å². The van der Waals surface area contributed by atoms with Crippen molar-refractivity contribution in [3.63, 3.8) is 0 Å². The summed E-state index contributed by atoms with van der Waals surface area (Å²) in [4.78, 5) is 27.8. The number of aryl methyl sites for hydroxylation is 1. The molecule has 1 saturated heterocycles. The summed E-state index contributed by atoms with van der Waals surface area (Å²) in [6.45, 7) is 3.34. The Balaban J connectivity index is 1.55. The van der Waals surface area contributed by atoms with E-state index in [9.17, 15) is 9.59 Å². The summed E-state index contributed by atoms with van der Waals surface area (Å²) < 4.78 is 6.34. The van der Waals surface area contributed by atoms with Crippen LogP contribution in [-0.2, 0) is 11.2 Å². The van der Waals surface area contributed by atoms with E-state index in [4.69, 9.17) is 17.0 Å². The number of fused-ring (bicyclic) bond motifs is 1. The SMILES string of the molecule is CCCCCCc1ccc(C(=O)N2CCCOc3ccc(/C=C4\SC(=S)NC4=O)cc32)cc1. The minimum Gasteiger partial charge on any atom is -0.491 e. The van der Waals surface area contributed by atoms with Gasteiger partial charge in [-0.2, -0.15) is 0 Å². The summed E-state index contributed by atoms with van der Waals surface area (Å²) in [6.07, 6.45) is 8.50. The molecule has 2 aliphatic rings. The lowest BCUT2D eigenvalue weighted by Gasteiger charge is -2.22. The average molecular weight is 481 g/mol. The van der Waals surface area contributed by atoms with Crippen LogP contribution in [0, 0.1) is 0 Å². The van der Waals surface area contributed by atoms with E-state index in [1.165, 1.54) is 43.0 Å². The van der Waals surface area contributed by atoms with Gasteiger partial charge in [-0.1, -0.05) is 68.4 Å². The van der Waals surface area contributed by atoms with Crippen LogP contribution in [0.3, 0.4) is 0 Å². The fourth-order valence-corrected chi connectivity index (χ4v) is 5.04. The Bertz CT molecular complexity index is 1080. The molecule has 1 fully saturated rings. The van der Waals surface area contributed by atoms with Gasteiger partial charge in [-0.15, -0.1) is 0 Å². The molecular formula is C26H28N2O3S2. The second-order valence-electron chi connectivity index (χ2n) is 8.25. The first-order chi connectivity index (χ1) is 16.0. The highest BCUT2D eigenvalue weighted by atomic mass is 32.2. The Hall–Kier alpha value is -2.64. The van der Waals surface area contributed by atoms with Crippen molar-refractivity contribution in [2.75, 3.05) is 18.1 Å². The zero-order valence-corrected chi connectivity index (χ0v) is 20.4. The quantitative estimate of drug-likeness (QED) is 0.312. The molecule has 2 aromatic carbocycles. The van der Waals surface area contributed by atoms with Crippen molar-refractivity contribution in [3.05, 3.63) is 64.1 Å². The second-order valence-corrected chi connectivity index (χ2v) is 9.96. The zero-order chi connectivity index (χ0) is 23.2. The number of rotatable bonds is 7. The number of thioether (sulfide) groups is 1. The summed E-state index contributed by atoms with van der Waals surface area (Å²) >= 11 is 6.32. The molecule has 2 aromatic rings. The maximum Gasteiger partial charge on any atom is 0.263 e. The molecule has 0 radical (unpaired) electrons. The first-order valence-corrected chi connectivity index (χ1v) is 12.7. The molecule has 4 rings (SSSR count). The standard InChI is InChI=1S/C26H28N2O3S2/c1-2-3-4-5-7-18-8-11-20(12-9-18)25(30)28-14-6-15-31-22-13-10-19(16-21(22)28)17-23-24(29)27-26(32)33-23/h8-13,16-17H,2-7,14-15H2,1H3,(H,27,29,32)/b23-17-. The molecule has 0 unspecified atom stereocenters. The number of nitrogens with one attached hydrogen (secondary N) is 1. The van der Waals surface area contributed by atoms with Crippen molar-refractivity contribution in [1.82, 2.24) is 5.32 Å². The van der Waals surface area contributed by atoms with Crippen molar-refractivity contribution in [3.8, 4) is 5.75 Å². The van der Waals surface area contributed by atoms with Crippen LogP contribution < -0.4 is 15.0 Å². The molecule has 0 bridgehead atoms. The van der Waals surface area contributed by atoms with E-state index in [2.05, 4.69) is 24.4 Å². The number of ether oxygens (including phenoxy) is 1. The van der Waals surface area contributed by atoms with E-state index in [0.717, 1.165) is 24.1 Å². The maximum atomic E-state index is 13.4. The van der Waals surface area contributed by atoms with Gasteiger partial charge in [0.25, 0.3) is 11.8 Å². The van der Waals surface area contributed by atoms with Gasteiger partial charge in [0, 0.05) is 12.1 Å². The number of hydrogen-bond acceptors (Lipinski definition) is 5. The van der Waals surface area contributed by atoms with Gasteiger partial charge in [0.2, 0.25) is 0 Å². The van der Waals surface area contributed by atoms with E-state index >= 15 is 0 Å². The molecule has 0 spiro atoms. The number of benzene rings is 2. The zero-order valence-electron chi connectivity index (χ0n) is 18.8. The lowest BCUT2D eigenvalue weighted by atomic mass is 10.0. The minimum absolute atomic E-state index is 0.0433. The third-order valence-electron chi connectivity index (χ3n) is 5.76. The molecule has 0 aromatic heterocycles. The molecule has 5 nitrogen and oxygen atoms in total. The van der Waals surface area contributed by atoms with Crippen LogP contribution in [0.4, 0.5) is 5.69 Å². The molecule has 0 aliphatic carbocycles. The van der Waals surface area contributed by atoms with Gasteiger partial charge < -0.3 is 15.0 Å². The van der Waals surface area contributed by atoms with Crippen LogP contribution in [0.1, 0.15) is 60.5 Å². The third kappa shape index (κ3) is 5.84. The van der Waals surface area contributed by atoms with Crippen molar-refractivity contribution < 1.29 is 14.3 Å².